The van der Waals surface area contributed by atoms with E-state index < -0.39 is 67.3 Å². The van der Waals surface area contributed by atoms with Crippen molar-refractivity contribution in [1.29, 1.82) is 0 Å². The van der Waals surface area contributed by atoms with E-state index >= 15 is 0 Å². The smallest absolute Gasteiger partial charge is 0.315 e. The summed E-state index contributed by atoms with van der Waals surface area (Å²) in [5, 5.41) is 8.71. The highest BCUT2D eigenvalue weighted by atomic mass is 32.2. The van der Waals surface area contributed by atoms with Crippen molar-refractivity contribution >= 4 is 39.4 Å². The minimum absolute atomic E-state index is 0.0613. The lowest BCUT2D eigenvalue weighted by atomic mass is 9.73. The Bertz CT molecular complexity index is 1330. The van der Waals surface area contributed by atoms with Gasteiger partial charge in [0.25, 0.3) is 5.91 Å². The Morgan fingerprint density at radius 2 is 1.58 bits per heavy atom. The molecular formula is C32H51N5O7S. The molecule has 12 nitrogen and oxygen atoms in total. The first-order valence-electron chi connectivity index (χ1n) is 16.7. The highest BCUT2D eigenvalue weighted by Crippen LogP contribution is 2.51. The Morgan fingerprint density at radius 1 is 0.933 bits per heavy atom. The molecule has 5 fully saturated rings. The average Bonchev–Trinajstić information content (AvgIpc) is 3.86. The molecule has 0 aromatic heterocycles. The lowest BCUT2D eigenvalue weighted by molar-refractivity contribution is -0.143. The minimum atomic E-state index is -3.54. The topological polar surface area (TPSA) is 185 Å². The summed E-state index contributed by atoms with van der Waals surface area (Å²) in [5.41, 5.74) is 3.87. The van der Waals surface area contributed by atoms with Gasteiger partial charge in [0.1, 0.15) is 12.1 Å². The van der Waals surface area contributed by atoms with Crippen molar-refractivity contribution < 1.29 is 32.4 Å². The van der Waals surface area contributed by atoms with Gasteiger partial charge in [-0.1, -0.05) is 39.0 Å². The summed E-state index contributed by atoms with van der Waals surface area (Å²) >= 11 is 0. The fourth-order valence-corrected chi connectivity index (χ4v) is 8.97. The van der Waals surface area contributed by atoms with Crippen LogP contribution in [0.1, 0.15) is 105 Å². The van der Waals surface area contributed by atoms with Gasteiger partial charge >= 0.3 is 6.03 Å². The Kier molecular flexibility index (Phi) is 9.09. The van der Waals surface area contributed by atoms with E-state index in [0.717, 1.165) is 57.8 Å². The van der Waals surface area contributed by atoms with Gasteiger partial charge in [0, 0.05) is 6.54 Å². The first-order chi connectivity index (χ1) is 21.0. The summed E-state index contributed by atoms with van der Waals surface area (Å²) in [6.07, 6.45) is 8.93. The number of carbonyl (C=O) groups excluding carboxylic acids is 5. The number of fused-ring (bicyclic) bond motifs is 1. The zero-order valence-electron chi connectivity index (χ0n) is 27.2. The SMILES string of the molecule is CC1([C@H](NC(=O)NC2(CS(=O)(=O)C(C)(C)C)CCCCC2)C(=O)N2CC3CCC3[C@H]2C(=O)NC(CC2CC2)C(=O)C(N)=O)CC1. The van der Waals surface area contributed by atoms with Crippen molar-refractivity contribution in [2.24, 2.45) is 28.9 Å². The largest absolute Gasteiger partial charge is 0.363 e. The third-order valence-corrected chi connectivity index (χ3v) is 14.0. The lowest BCUT2D eigenvalue weighted by Gasteiger charge is -2.40. The Labute approximate surface area is 266 Å². The van der Waals surface area contributed by atoms with Crippen LogP contribution in [0.25, 0.3) is 0 Å². The third kappa shape index (κ3) is 7.17. The quantitative estimate of drug-likeness (QED) is 0.233. The standard InChI is InChI=1S/C32H51N5O7S/c1-30(2,3)45(43,44)18-32(12-6-5-7-13-32)36-29(42)35-25(31(4)14-15-31)28(41)37-17-20-10-11-21(20)23(37)27(40)34-22(16-19-8-9-19)24(38)26(33)39/h19-23,25H,5-18H2,1-4H3,(H2,33,39)(H,34,40)(H2,35,36,42)/t20?,21?,22?,23-,25+/m0/s1. The first kappa shape index (κ1) is 33.7. The van der Waals surface area contributed by atoms with E-state index in [4.69, 9.17) is 5.73 Å². The van der Waals surface area contributed by atoms with Crippen LogP contribution in [0, 0.1) is 23.2 Å². The number of hydrogen-bond donors (Lipinski definition) is 4. The molecule has 5 atom stereocenters. The highest BCUT2D eigenvalue weighted by Gasteiger charge is 2.57. The number of primary amides is 1. The predicted molar refractivity (Wildman–Crippen MR) is 167 cm³/mol. The molecule has 4 aliphatic carbocycles. The van der Waals surface area contributed by atoms with Crippen LogP contribution in [-0.4, -0.2) is 83.6 Å². The van der Waals surface area contributed by atoms with Gasteiger partial charge < -0.3 is 26.6 Å². The number of carbonyl (C=O) groups is 5. The second-order valence-electron chi connectivity index (χ2n) is 15.8. The zero-order valence-corrected chi connectivity index (χ0v) is 28.0. The molecular weight excluding hydrogens is 598 g/mol. The normalized spacial score (nSPS) is 28.1. The molecule has 5 aliphatic rings. The minimum Gasteiger partial charge on any atom is -0.363 e. The summed E-state index contributed by atoms with van der Waals surface area (Å²) in [6, 6.07) is -3.31. The number of amides is 5. The molecule has 5 amide bonds. The summed E-state index contributed by atoms with van der Waals surface area (Å²) in [7, 11) is -3.54. The van der Waals surface area contributed by atoms with Crippen molar-refractivity contribution in [1.82, 2.24) is 20.9 Å². The van der Waals surface area contributed by atoms with Crippen LogP contribution in [0.3, 0.4) is 0 Å². The third-order valence-electron chi connectivity index (χ3n) is 11.2. The van der Waals surface area contributed by atoms with Gasteiger partial charge in [-0.25, -0.2) is 13.2 Å². The van der Waals surface area contributed by atoms with Crippen LogP contribution in [0.4, 0.5) is 4.79 Å². The Hall–Kier alpha value is -2.70. The zero-order chi connectivity index (χ0) is 32.9. The van der Waals surface area contributed by atoms with Gasteiger partial charge in [-0.3, -0.25) is 19.2 Å². The van der Waals surface area contributed by atoms with Crippen molar-refractivity contribution in [3.8, 4) is 0 Å². The van der Waals surface area contributed by atoms with Crippen molar-refractivity contribution in [3.63, 3.8) is 0 Å². The summed E-state index contributed by atoms with van der Waals surface area (Å²) in [4.78, 5) is 67.6. The van der Waals surface area contributed by atoms with E-state index in [-0.39, 0.29) is 29.4 Å². The Balaban J connectivity index is 1.33. The predicted octanol–water partition coefficient (Wildman–Crippen LogP) is 1.95. The van der Waals surface area contributed by atoms with Crippen molar-refractivity contribution in [2.45, 2.75) is 133 Å². The number of urea groups is 1. The molecule has 0 aromatic carbocycles. The molecule has 0 aromatic rings. The lowest BCUT2D eigenvalue weighted by Crippen LogP contribution is -2.63. The number of ketones is 1. The summed E-state index contributed by atoms with van der Waals surface area (Å²) in [6.45, 7) is 7.30. The number of likely N-dealkylation sites (tertiary alicyclic amines) is 1. The molecule has 3 unspecified atom stereocenters. The van der Waals surface area contributed by atoms with E-state index in [2.05, 4.69) is 16.0 Å². The molecule has 1 heterocycles. The van der Waals surface area contributed by atoms with Gasteiger partial charge in [0.2, 0.25) is 17.6 Å². The molecule has 13 heteroatoms. The second kappa shape index (κ2) is 12.2. The van der Waals surface area contributed by atoms with Crippen LogP contribution in [0.15, 0.2) is 0 Å². The van der Waals surface area contributed by atoms with Gasteiger partial charge in [0.05, 0.1) is 22.1 Å². The van der Waals surface area contributed by atoms with Gasteiger partial charge in [-0.15, -0.1) is 0 Å². The fourth-order valence-electron chi connectivity index (χ4n) is 7.45. The van der Waals surface area contributed by atoms with Gasteiger partial charge in [0.15, 0.2) is 9.84 Å². The summed E-state index contributed by atoms with van der Waals surface area (Å²) < 4.78 is 25.5. The number of hydrogen-bond acceptors (Lipinski definition) is 7. The molecule has 0 spiro atoms. The van der Waals surface area contributed by atoms with Crippen LogP contribution < -0.4 is 21.7 Å². The van der Waals surface area contributed by atoms with Crippen LogP contribution in [0.5, 0.6) is 0 Å². The van der Waals surface area contributed by atoms with E-state index in [1.807, 2.05) is 6.92 Å². The number of Topliss-reactive ketones (excluding diaryl/α,β-unsaturated/α-hetero) is 1. The maximum absolute atomic E-state index is 14.3. The van der Waals surface area contributed by atoms with E-state index in [1.54, 1.807) is 25.7 Å². The molecule has 1 saturated heterocycles. The summed E-state index contributed by atoms with van der Waals surface area (Å²) in [5.74, 6) is -2.57. The van der Waals surface area contributed by atoms with Gasteiger partial charge in [-0.2, -0.15) is 0 Å². The number of nitrogens with one attached hydrogen (secondary N) is 3. The van der Waals surface area contributed by atoms with Crippen molar-refractivity contribution in [2.75, 3.05) is 12.3 Å². The molecule has 4 saturated carbocycles. The molecule has 45 heavy (non-hydrogen) atoms. The molecule has 0 radical (unpaired) electrons. The van der Waals surface area contributed by atoms with Crippen molar-refractivity contribution in [3.05, 3.63) is 0 Å². The van der Waals surface area contributed by atoms with Crippen LogP contribution in [-0.2, 0) is 29.0 Å². The van der Waals surface area contributed by atoms with E-state index in [1.165, 1.54) is 0 Å². The van der Waals surface area contributed by atoms with Gasteiger partial charge in [-0.05, 0) is 88.9 Å². The van der Waals surface area contributed by atoms with E-state index in [9.17, 15) is 32.4 Å². The van der Waals surface area contributed by atoms with Crippen LogP contribution in [0.2, 0.25) is 0 Å². The van der Waals surface area contributed by atoms with Crippen LogP contribution >= 0.6 is 0 Å². The highest BCUT2D eigenvalue weighted by molar-refractivity contribution is 7.92. The molecule has 252 valence electrons. The molecule has 1 aliphatic heterocycles. The second-order valence-corrected chi connectivity index (χ2v) is 18.5. The maximum Gasteiger partial charge on any atom is 0.315 e. The first-order valence-corrected chi connectivity index (χ1v) is 18.4. The molecule has 5 rings (SSSR count). The fraction of sp³-hybridized carbons (Fsp3) is 0.844. The Morgan fingerprint density at radius 3 is 2.09 bits per heavy atom. The maximum atomic E-state index is 14.3. The number of rotatable bonds is 12. The average molecular weight is 650 g/mol. The molecule has 5 N–H and O–H groups in total. The number of nitrogens with two attached hydrogens (primary N) is 1. The van der Waals surface area contributed by atoms with E-state index in [0.29, 0.717) is 25.8 Å². The number of nitrogens with zero attached hydrogens (tertiary/aromatic N) is 1. The monoisotopic (exact) mass is 649 g/mol. The number of sulfone groups is 1. The molecule has 0 bridgehead atoms.